The maximum Gasteiger partial charge on any atom is 0.435 e. The van der Waals surface area contributed by atoms with Crippen LogP contribution in [0.5, 0.6) is 0 Å². The average Bonchev–Trinajstić information content (AvgIpc) is 3.30. The van der Waals surface area contributed by atoms with Gasteiger partial charge in [-0.3, -0.25) is 4.79 Å². The molecule has 0 spiro atoms. The van der Waals surface area contributed by atoms with Gasteiger partial charge in [-0.15, -0.1) is 0 Å². The van der Waals surface area contributed by atoms with E-state index in [-0.39, 0.29) is 11.8 Å². The first-order chi connectivity index (χ1) is 14.9. The summed E-state index contributed by atoms with van der Waals surface area (Å²) in [6, 6.07) is 9.58. The summed E-state index contributed by atoms with van der Waals surface area (Å²) in [5, 5.41) is 6.50. The molecule has 1 saturated heterocycles. The minimum absolute atomic E-state index is 0.000369. The van der Waals surface area contributed by atoms with Crippen LogP contribution in [0.1, 0.15) is 24.1 Å². The van der Waals surface area contributed by atoms with Crippen LogP contribution >= 0.6 is 0 Å². The summed E-state index contributed by atoms with van der Waals surface area (Å²) in [7, 11) is 0. The molecule has 1 aliphatic rings. The van der Waals surface area contributed by atoms with E-state index >= 15 is 0 Å². The molecular formula is C21H21F3N6O. The second-order valence-corrected chi connectivity index (χ2v) is 7.34. The molecule has 1 aliphatic heterocycles. The molecule has 0 atom stereocenters. The Morgan fingerprint density at radius 3 is 2.35 bits per heavy atom. The molecule has 162 valence electrons. The molecule has 4 rings (SSSR count). The third-order valence-corrected chi connectivity index (χ3v) is 5.25. The Hall–Kier alpha value is -3.43. The smallest absolute Gasteiger partial charge is 0.352 e. The fourth-order valence-electron chi connectivity index (χ4n) is 3.52. The maximum absolute atomic E-state index is 12.7. The highest BCUT2D eigenvalue weighted by atomic mass is 19.4. The Kier molecular flexibility index (Phi) is 5.88. The van der Waals surface area contributed by atoms with Crippen molar-refractivity contribution >= 4 is 11.9 Å². The lowest BCUT2D eigenvalue weighted by Gasteiger charge is -2.31. The van der Waals surface area contributed by atoms with Crippen LogP contribution in [0.3, 0.4) is 0 Å². The van der Waals surface area contributed by atoms with Gasteiger partial charge in [0, 0.05) is 44.1 Å². The van der Waals surface area contributed by atoms with Crippen LogP contribution in [-0.4, -0.2) is 38.7 Å². The van der Waals surface area contributed by atoms with Gasteiger partial charge in [-0.25, -0.2) is 14.6 Å². The number of rotatable bonds is 5. The number of nitrogens with zero attached hydrogens (tertiary/aromatic N) is 5. The number of hydrogen-bond acceptors (Lipinski definition) is 5. The summed E-state index contributed by atoms with van der Waals surface area (Å²) in [5.41, 5.74) is 0.435. The van der Waals surface area contributed by atoms with Crippen molar-refractivity contribution in [2.24, 2.45) is 5.92 Å². The van der Waals surface area contributed by atoms with Gasteiger partial charge in [0.2, 0.25) is 11.9 Å². The number of carbonyl (C=O) groups is 1. The van der Waals surface area contributed by atoms with Crippen molar-refractivity contribution in [1.82, 2.24) is 25.1 Å². The van der Waals surface area contributed by atoms with Gasteiger partial charge < -0.3 is 10.2 Å². The van der Waals surface area contributed by atoms with Gasteiger partial charge in [0.25, 0.3) is 0 Å². The first-order valence-corrected chi connectivity index (χ1v) is 9.92. The summed E-state index contributed by atoms with van der Waals surface area (Å²) in [4.78, 5) is 23.1. The Labute approximate surface area is 176 Å². The third kappa shape index (κ3) is 5.01. The molecule has 7 nitrogen and oxygen atoms in total. The largest absolute Gasteiger partial charge is 0.435 e. The van der Waals surface area contributed by atoms with Gasteiger partial charge in [-0.2, -0.15) is 18.3 Å². The number of nitrogens with one attached hydrogen (secondary N) is 1. The summed E-state index contributed by atoms with van der Waals surface area (Å²) in [5.74, 6) is 0.615. The average molecular weight is 430 g/mol. The molecule has 0 bridgehead atoms. The maximum atomic E-state index is 12.7. The number of benzene rings is 1. The van der Waals surface area contributed by atoms with E-state index in [9.17, 15) is 18.0 Å². The molecule has 31 heavy (non-hydrogen) atoms. The topological polar surface area (TPSA) is 75.9 Å². The molecular weight excluding hydrogens is 409 g/mol. The normalized spacial score (nSPS) is 15.1. The summed E-state index contributed by atoms with van der Waals surface area (Å²) in [6.07, 6.45) is 1.65. The van der Waals surface area contributed by atoms with E-state index in [1.165, 1.54) is 10.9 Å². The molecule has 2 aromatic heterocycles. The van der Waals surface area contributed by atoms with E-state index in [1.807, 2.05) is 0 Å². The Morgan fingerprint density at radius 1 is 1.06 bits per heavy atom. The highest BCUT2D eigenvalue weighted by molar-refractivity contribution is 5.78. The summed E-state index contributed by atoms with van der Waals surface area (Å²) < 4.78 is 39.3. The monoisotopic (exact) mass is 430 g/mol. The molecule has 3 heterocycles. The second kappa shape index (κ2) is 8.75. The molecule has 0 saturated carbocycles. The quantitative estimate of drug-likeness (QED) is 0.673. The van der Waals surface area contributed by atoms with Gasteiger partial charge in [0.15, 0.2) is 5.69 Å². The predicted octanol–water partition coefficient (Wildman–Crippen LogP) is 3.21. The third-order valence-electron chi connectivity index (χ3n) is 5.25. The van der Waals surface area contributed by atoms with Crippen LogP contribution in [0.25, 0.3) is 5.69 Å². The number of halogens is 3. The van der Waals surface area contributed by atoms with Gasteiger partial charge in [-0.1, -0.05) is 12.1 Å². The minimum atomic E-state index is -4.47. The number of amides is 1. The molecule has 0 unspecified atom stereocenters. The summed E-state index contributed by atoms with van der Waals surface area (Å²) in [6.45, 7) is 1.80. The van der Waals surface area contributed by atoms with E-state index in [1.54, 1.807) is 42.7 Å². The summed E-state index contributed by atoms with van der Waals surface area (Å²) >= 11 is 0. The number of anilines is 1. The standard InChI is InChI=1S/C21H21F3N6O/c22-21(23,24)18-8-13-30(28-18)17-4-2-15(3-5-17)14-27-19(31)16-6-11-29(12-7-16)20-25-9-1-10-26-20/h1-5,8-10,13,16H,6-7,11-12,14H2,(H,27,31). The molecule has 0 radical (unpaired) electrons. The lowest BCUT2D eigenvalue weighted by atomic mass is 9.96. The molecule has 10 heteroatoms. The van der Waals surface area contributed by atoms with Crippen LogP contribution in [0.4, 0.5) is 19.1 Å². The fourth-order valence-corrected chi connectivity index (χ4v) is 3.52. The van der Waals surface area contributed by atoms with Crippen molar-refractivity contribution in [3.8, 4) is 5.69 Å². The van der Waals surface area contributed by atoms with Crippen molar-refractivity contribution in [3.05, 3.63) is 66.2 Å². The number of piperidine rings is 1. The van der Waals surface area contributed by atoms with Gasteiger partial charge >= 0.3 is 6.18 Å². The molecule has 3 aromatic rings. The number of hydrogen-bond donors (Lipinski definition) is 1. The Morgan fingerprint density at radius 2 is 1.74 bits per heavy atom. The zero-order valence-electron chi connectivity index (χ0n) is 16.6. The van der Waals surface area contributed by atoms with E-state index in [0.29, 0.717) is 18.2 Å². The van der Waals surface area contributed by atoms with E-state index in [4.69, 9.17) is 0 Å². The van der Waals surface area contributed by atoms with Gasteiger partial charge in [0.1, 0.15) is 0 Å². The fraction of sp³-hybridized carbons (Fsp3) is 0.333. The van der Waals surface area contributed by atoms with Gasteiger partial charge in [-0.05, 0) is 42.7 Å². The first-order valence-electron chi connectivity index (χ1n) is 9.92. The SMILES string of the molecule is O=C(NCc1ccc(-n2ccc(C(F)(F)F)n2)cc1)C1CCN(c2ncccn2)CC1. The molecule has 1 amide bonds. The van der Waals surface area contributed by atoms with Crippen LogP contribution in [-0.2, 0) is 17.5 Å². The van der Waals surface area contributed by atoms with Crippen LogP contribution in [0.2, 0.25) is 0 Å². The lowest BCUT2D eigenvalue weighted by molar-refractivity contribution is -0.141. The van der Waals surface area contributed by atoms with E-state index < -0.39 is 11.9 Å². The molecule has 0 aliphatic carbocycles. The zero-order chi connectivity index (χ0) is 21.8. The first kappa shape index (κ1) is 20.8. The predicted molar refractivity (Wildman–Crippen MR) is 107 cm³/mol. The molecule has 1 N–H and O–H groups in total. The van der Waals surface area contributed by atoms with Crippen LogP contribution in [0.15, 0.2) is 55.0 Å². The van der Waals surface area contributed by atoms with Crippen LogP contribution in [0, 0.1) is 5.92 Å². The lowest BCUT2D eigenvalue weighted by Crippen LogP contribution is -2.41. The van der Waals surface area contributed by atoms with Crippen molar-refractivity contribution in [2.45, 2.75) is 25.6 Å². The highest BCUT2D eigenvalue weighted by Crippen LogP contribution is 2.28. The molecule has 1 aromatic carbocycles. The Balaban J connectivity index is 1.28. The number of alkyl halides is 3. The van der Waals surface area contributed by atoms with E-state index in [2.05, 4.69) is 25.3 Å². The highest BCUT2D eigenvalue weighted by Gasteiger charge is 2.33. The van der Waals surface area contributed by atoms with Crippen molar-refractivity contribution in [2.75, 3.05) is 18.0 Å². The van der Waals surface area contributed by atoms with Gasteiger partial charge in [0.05, 0.1) is 5.69 Å². The molecule has 1 fully saturated rings. The minimum Gasteiger partial charge on any atom is -0.352 e. The van der Waals surface area contributed by atoms with Crippen molar-refractivity contribution in [3.63, 3.8) is 0 Å². The number of aromatic nitrogens is 4. The van der Waals surface area contributed by atoms with E-state index in [0.717, 1.165) is 37.6 Å². The van der Waals surface area contributed by atoms with Crippen LogP contribution < -0.4 is 10.2 Å². The van der Waals surface area contributed by atoms with Crippen molar-refractivity contribution < 1.29 is 18.0 Å². The number of carbonyl (C=O) groups excluding carboxylic acids is 1. The Bertz CT molecular complexity index is 1010. The zero-order valence-corrected chi connectivity index (χ0v) is 16.6. The second-order valence-electron chi connectivity index (χ2n) is 7.34. The van der Waals surface area contributed by atoms with Crippen molar-refractivity contribution in [1.29, 1.82) is 0 Å².